The first-order chi connectivity index (χ1) is 7.51. The molecule has 0 aliphatic rings. The third-order valence-corrected chi connectivity index (χ3v) is 3.89. The second-order valence-corrected chi connectivity index (χ2v) is 8.24. The predicted octanol–water partition coefficient (Wildman–Crippen LogP) is 2.96. The molecule has 0 heterocycles. The lowest BCUT2D eigenvalue weighted by Gasteiger charge is -2.08. The molecule has 0 aliphatic carbocycles. The second kappa shape index (κ2) is 6.22. The maximum absolute atomic E-state index is 11.5. The zero-order valence-corrected chi connectivity index (χ0v) is 11.4. The van der Waals surface area contributed by atoms with Gasteiger partial charge < -0.3 is 9.88 Å². The van der Waals surface area contributed by atoms with E-state index in [4.69, 9.17) is 0 Å². The highest BCUT2D eigenvalue weighted by Crippen LogP contribution is 2.34. The minimum atomic E-state index is -1.86. The summed E-state index contributed by atoms with van der Waals surface area (Å²) in [4.78, 5) is 0. The van der Waals surface area contributed by atoms with Crippen molar-refractivity contribution in [1.82, 2.24) is 5.32 Å². The number of aryl methyl sites for hydroxylation is 1. The van der Waals surface area contributed by atoms with Crippen LogP contribution in [-0.4, -0.2) is 26.0 Å². The molecule has 90 valence electrons. The van der Waals surface area contributed by atoms with Crippen LogP contribution in [0.15, 0.2) is 24.3 Å². The van der Waals surface area contributed by atoms with E-state index in [9.17, 15) is 4.57 Å². The van der Waals surface area contributed by atoms with Crippen LogP contribution in [0.5, 0.6) is 0 Å². The Morgan fingerprint density at radius 2 is 1.69 bits per heavy atom. The molecule has 0 fully saturated rings. The lowest BCUT2D eigenvalue weighted by atomic mass is 10.1. The molecule has 0 aliphatic heterocycles. The lowest BCUT2D eigenvalue weighted by Crippen LogP contribution is -2.17. The van der Waals surface area contributed by atoms with Crippen molar-refractivity contribution in [2.24, 2.45) is 0 Å². The lowest BCUT2D eigenvalue weighted by molar-refractivity contribution is 0.579. The first-order valence-corrected chi connectivity index (χ1v) is 8.62. The van der Waals surface area contributed by atoms with Crippen molar-refractivity contribution in [3.05, 3.63) is 35.4 Å². The highest BCUT2D eigenvalue weighted by atomic mass is 31.2. The number of rotatable bonds is 6. The van der Waals surface area contributed by atoms with Gasteiger partial charge in [0.25, 0.3) is 0 Å². The van der Waals surface area contributed by atoms with Gasteiger partial charge in [0.1, 0.15) is 0 Å². The van der Waals surface area contributed by atoms with Crippen molar-refractivity contribution in [3.8, 4) is 0 Å². The summed E-state index contributed by atoms with van der Waals surface area (Å²) in [5.41, 5.74) is 2.66. The van der Waals surface area contributed by atoms with Crippen molar-refractivity contribution in [2.75, 3.05) is 26.0 Å². The van der Waals surface area contributed by atoms with Gasteiger partial charge in [-0.05, 0) is 30.9 Å². The molecule has 1 aromatic rings. The molecule has 1 aromatic carbocycles. The third-order valence-electron chi connectivity index (χ3n) is 2.59. The molecule has 0 unspecified atom stereocenters. The summed E-state index contributed by atoms with van der Waals surface area (Å²) < 4.78 is 11.5. The van der Waals surface area contributed by atoms with Crippen LogP contribution in [0.1, 0.15) is 18.1 Å². The number of nitrogens with one attached hydrogen (secondary N) is 1. The average molecular weight is 239 g/mol. The monoisotopic (exact) mass is 239 g/mol. The van der Waals surface area contributed by atoms with Crippen LogP contribution in [0.3, 0.4) is 0 Å². The van der Waals surface area contributed by atoms with E-state index in [1.54, 1.807) is 0 Å². The Bertz CT molecular complexity index is 353. The van der Waals surface area contributed by atoms with Crippen LogP contribution >= 0.6 is 7.14 Å². The Hall–Kier alpha value is -0.590. The zero-order valence-electron chi connectivity index (χ0n) is 10.5. The molecule has 0 atom stereocenters. The van der Waals surface area contributed by atoms with Crippen molar-refractivity contribution in [3.63, 3.8) is 0 Å². The normalized spacial score (nSPS) is 11.7. The molecule has 16 heavy (non-hydrogen) atoms. The van der Waals surface area contributed by atoms with Gasteiger partial charge in [-0.15, -0.1) is 0 Å². The van der Waals surface area contributed by atoms with Crippen molar-refractivity contribution in [1.29, 1.82) is 0 Å². The van der Waals surface area contributed by atoms with Crippen LogP contribution in [-0.2, 0) is 17.5 Å². The number of benzene rings is 1. The van der Waals surface area contributed by atoms with Crippen LogP contribution in [0.2, 0.25) is 0 Å². The van der Waals surface area contributed by atoms with E-state index in [0.717, 1.165) is 25.7 Å². The van der Waals surface area contributed by atoms with Gasteiger partial charge in [-0.3, -0.25) is 0 Å². The molecule has 0 spiro atoms. The van der Waals surface area contributed by atoms with Crippen LogP contribution < -0.4 is 5.32 Å². The fraction of sp³-hybridized carbons (Fsp3) is 0.538. The Morgan fingerprint density at radius 3 is 2.19 bits per heavy atom. The van der Waals surface area contributed by atoms with Gasteiger partial charge in [0.2, 0.25) is 0 Å². The standard InChI is InChI=1S/C13H22NOP/c1-4-12-5-7-13(8-6-12)11-14-9-10-16(2,3)15/h5-8,14H,4,9-11H2,1-3H3. The summed E-state index contributed by atoms with van der Waals surface area (Å²) in [7, 11) is -1.86. The highest BCUT2D eigenvalue weighted by Gasteiger charge is 2.05. The first kappa shape index (κ1) is 13.5. The van der Waals surface area contributed by atoms with Gasteiger partial charge in [-0.25, -0.2) is 0 Å². The number of hydrogen-bond donors (Lipinski definition) is 1. The minimum absolute atomic E-state index is 0.778. The first-order valence-electron chi connectivity index (χ1n) is 5.84. The fourth-order valence-corrected chi connectivity index (χ4v) is 2.17. The van der Waals surface area contributed by atoms with Gasteiger partial charge in [0.15, 0.2) is 0 Å². The molecular formula is C13H22NOP. The summed E-state index contributed by atoms with van der Waals surface area (Å²) >= 11 is 0. The summed E-state index contributed by atoms with van der Waals surface area (Å²) in [6.07, 6.45) is 1.86. The van der Waals surface area contributed by atoms with E-state index < -0.39 is 7.14 Å². The van der Waals surface area contributed by atoms with E-state index in [1.807, 2.05) is 13.3 Å². The summed E-state index contributed by atoms with van der Waals surface area (Å²) in [6.45, 7) is 7.53. The van der Waals surface area contributed by atoms with Gasteiger partial charge in [0, 0.05) is 19.3 Å². The molecule has 0 bridgehead atoms. The molecule has 3 heteroatoms. The zero-order chi connectivity index (χ0) is 12.0. The molecule has 0 saturated heterocycles. The molecular weight excluding hydrogens is 217 g/mol. The summed E-state index contributed by atoms with van der Waals surface area (Å²) in [6, 6.07) is 8.65. The Balaban J connectivity index is 2.29. The molecule has 0 aromatic heterocycles. The van der Waals surface area contributed by atoms with E-state index in [1.165, 1.54) is 11.1 Å². The minimum Gasteiger partial charge on any atom is -0.324 e. The van der Waals surface area contributed by atoms with Crippen LogP contribution in [0, 0.1) is 0 Å². The van der Waals surface area contributed by atoms with Crippen molar-refractivity contribution in [2.45, 2.75) is 19.9 Å². The van der Waals surface area contributed by atoms with Gasteiger partial charge in [-0.2, -0.15) is 0 Å². The van der Waals surface area contributed by atoms with Gasteiger partial charge >= 0.3 is 0 Å². The topological polar surface area (TPSA) is 29.1 Å². The van der Waals surface area contributed by atoms with Gasteiger partial charge in [0.05, 0.1) is 7.14 Å². The maximum atomic E-state index is 11.5. The Morgan fingerprint density at radius 1 is 1.12 bits per heavy atom. The highest BCUT2D eigenvalue weighted by molar-refractivity contribution is 7.62. The third kappa shape index (κ3) is 5.48. The SMILES string of the molecule is CCc1ccc(CNCCP(C)(C)=O)cc1. The maximum Gasteiger partial charge on any atom is 0.0831 e. The average Bonchev–Trinajstić information content (AvgIpc) is 2.24. The molecule has 0 saturated carbocycles. The molecule has 1 rings (SSSR count). The van der Waals surface area contributed by atoms with E-state index in [0.29, 0.717) is 0 Å². The fourth-order valence-electron chi connectivity index (χ4n) is 1.47. The molecule has 0 amide bonds. The molecule has 2 nitrogen and oxygen atoms in total. The Kier molecular flexibility index (Phi) is 5.24. The second-order valence-electron chi connectivity index (χ2n) is 4.64. The van der Waals surface area contributed by atoms with Crippen LogP contribution in [0.4, 0.5) is 0 Å². The van der Waals surface area contributed by atoms with E-state index in [-0.39, 0.29) is 0 Å². The summed E-state index contributed by atoms with van der Waals surface area (Å²) in [5, 5.41) is 3.32. The van der Waals surface area contributed by atoms with E-state index in [2.05, 4.69) is 36.5 Å². The van der Waals surface area contributed by atoms with E-state index >= 15 is 0 Å². The predicted molar refractivity (Wildman–Crippen MR) is 71.8 cm³/mol. The molecule has 0 radical (unpaired) electrons. The quantitative estimate of drug-likeness (QED) is 0.611. The Labute approximate surface area is 98.8 Å². The van der Waals surface area contributed by atoms with Gasteiger partial charge in [-0.1, -0.05) is 31.2 Å². The van der Waals surface area contributed by atoms with Crippen molar-refractivity contribution < 1.29 is 4.57 Å². The number of hydrogen-bond acceptors (Lipinski definition) is 2. The summed E-state index contributed by atoms with van der Waals surface area (Å²) in [5.74, 6) is 0. The van der Waals surface area contributed by atoms with Crippen molar-refractivity contribution >= 4 is 7.14 Å². The smallest absolute Gasteiger partial charge is 0.0831 e. The van der Waals surface area contributed by atoms with Crippen LogP contribution in [0.25, 0.3) is 0 Å². The largest absolute Gasteiger partial charge is 0.324 e. The molecule has 1 N–H and O–H groups in total.